The minimum Gasteiger partial charge on any atom is -0.508 e. The van der Waals surface area contributed by atoms with Crippen LogP contribution in [0.3, 0.4) is 0 Å². The summed E-state index contributed by atoms with van der Waals surface area (Å²) in [6, 6.07) is -0.392. The third kappa shape index (κ3) is 1.48. The number of carboxylic acid groups (broad SMARTS) is 1. The van der Waals surface area contributed by atoms with Gasteiger partial charge in [0.2, 0.25) is 0 Å². The van der Waals surface area contributed by atoms with Gasteiger partial charge in [-0.25, -0.2) is 0 Å². The number of aliphatic carboxylic acids is 1. The van der Waals surface area contributed by atoms with Crippen molar-refractivity contribution in [3.05, 3.63) is 22.8 Å². The summed E-state index contributed by atoms with van der Waals surface area (Å²) in [6.07, 6.45) is -1.10. The number of carbonyl (C=O) groups is 1. The van der Waals surface area contributed by atoms with E-state index >= 15 is 0 Å². The number of phenols is 2. The topological polar surface area (TPSA) is 124 Å². The van der Waals surface area contributed by atoms with E-state index in [1.54, 1.807) is 0 Å². The monoisotopic (exact) mass is 225 g/mol. The van der Waals surface area contributed by atoms with E-state index in [0.717, 1.165) is 6.07 Å². The highest BCUT2D eigenvalue weighted by Crippen LogP contribution is 2.46. The fourth-order valence-corrected chi connectivity index (χ4v) is 1.64. The van der Waals surface area contributed by atoms with Crippen LogP contribution in [0.25, 0.3) is 0 Å². The number of nitrogens with two attached hydrogens (primary N) is 1. The number of hydrogen-bond acceptors (Lipinski definition) is 5. The molecule has 0 aromatic heterocycles. The maximum absolute atomic E-state index is 10.6. The summed E-state index contributed by atoms with van der Waals surface area (Å²) < 4.78 is 0. The van der Waals surface area contributed by atoms with Crippen molar-refractivity contribution >= 4 is 5.97 Å². The van der Waals surface area contributed by atoms with Crippen LogP contribution in [0.4, 0.5) is 0 Å². The first kappa shape index (κ1) is 10.7. The van der Waals surface area contributed by atoms with Crippen LogP contribution in [0.5, 0.6) is 11.5 Å². The Morgan fingerprint density at radius 2 is 2.00 bits per heavy atom. The fourth-order valence-electron chi connectivity index (χ4n) is 1.64. The summed E-state index contributed by atoms with van der Waals surface area (Å²) in [6.45, 7) is 0. The largest absolute Gasteiger partial charge is 0.508 e. The third-order valence-corrected chi connectivity index (χ3v) is 2.70. The zero-order chi connectivity index (χ0) is 12.0. The van der Waals surface area contributed by atoms with Gasteiger partial charge in [0, 0.05) is 23.1 Å². The van der Waals surface area contributed by atoms with Gasteiger partial charge in [-0.05, 0) is 6.07 Å². The van der Waals surface area contributed by atoms with Crippen LogP contribution in [0, 0.1) is 0 Å². The van der Waals surface area contributed by atoms with Crippen LogP contribution >= 0.6 is 0 Å². The lowest BCUT2D eigenvalue weighted by molar-refractivity contribution is -0.141. The molecular weight excluding hydrogens is 214 g/mol. The second-order valence-corrected chi connectivity index (χ2v) is 3.78. The van der Waals surface area contributed by atoms with Crippen molar-refractivity contribution in [2.45, 2.75) is 18.6 Å². The first-order chi connectivity index (χ1) is 7.43. The fraction of sp³-hybridized carbons (Fsp3) is 0.300. The van der Waals surface area contributed by atoms with E-state index in [1.807, 2.05) is 0 Å². The molecule has 6 nitrogen and oxygen atoms in total. The van der Waals surface area contributed by atoms with Crippen LogP contribution < -0.4 is 5.73 Å². The molecule has 0 aliphatic heterocycles. The quantitative estimate of drug-likeness (QED) is 0.446. The zero-order valence-corrected chi connectivity index (χ0v) is 8.21. The molecule has 16 heavy (non-hydrogen) atoms. The normalized spacial score (nSPS) is 16.4. The summed E-state index contributed by atoms with van der Waals surface area (Å²) in [4.78, 5) is 10.6. The Labute approximate surface area is 90.6 Å². The minimum atomic E-state index is -1.55. The number of carboxylic acids is 1. The van der Waals surface area contributed by atoms with Crippen LogP contribution in [0.2, 0.25) is 0 Å². The first-order valence-corrected chi connectivity index (χ1v) is 4.66. The highest BCUT2D eigenvalue weighted by atomic mass is 16.4. The molecule has 1 aliphatic rings. The van der Waals surface area contributed by atoms with Crippen molar-refractivity contribution in [3.63, 3.8) is 0 Å². The van der Waals surface area contributed by atoms with Gasteiger partial charge in [-0.1, -0.05) is 0 Å². The average Bonchev–Trinajstić information content (AvgIpc) is 3.01. The molecule has 0 amide bonds. The molecule has 0 saturated carbocycles. The molecule has 0 fully saturated rings. The molecule has 0 spiro atoms. The number of benzene rings is 1. The lowest BCUT2D eigenvalue weighted by Gasteiger charge is -2.16. The smallest absolute Gasteiger partial charge is 0.323 e. The van der Waals surface area contributed by atoms with Crippen molar-refractivity contribution in [2.24, 2.45) is 5.73 Å². The molecule has 0 radical (unpaired) electrons. The molecule has 2 atom stereocenters. The van der Waals surface area contributed by atoms with Gasteiger partial charge in [-0.2, -0.15) is 0 Å². The van der Waals surface area contributed by atoms with Crippen molar-refractivity contribution in [1.29, 1.82) is 0 Å². The Bertz CT molecular complexity index is 471. The van der Waals surface area contributed by atoms with Gasteiger partial charge in [0.15, 0.2) is 0 Å². The maximum Gasteiger partial charge on any atom is 0.323 e. The van der Waals surface area contributed by atoms with Gasteiger partial charge >= 0.3 is 5.97 Å². The van der Waals surface area contributed by atoms with Gasteiger partial charge in [0.1, 0.15) is 23.6 Å². The van der Waals surface area contributed by atoms with E-state index in [1.165, 1.54) is 0 Å². The van der Waals surface area contributed by atoms with Crippen LogP contribution in [-0.2, 0) is 11.2 Å². The van der Waals surface area contributed by atoms with E-state index in [4.69, 9.17) is 10.8 Å². The summed E-state index contributed by atoms with van der Waals surface area (Å²) in [5.74, 6) is -1.62. The SMILES string of the molecule is N[C@H](C(=O)O)C(O)c1cc(O)c2c(c1O)C2. The Balaban J connectivity index is 2.38. The number of aliphatic hydroxyl groups is 1. The minimum absolute atomic E-state index is 0.0522. The molecule has 6 N–H and O–H groups in total. The van der Waals surface area contributed by atoms with Gasteiger partial charge in [-0.15, -0.1) is 0 Å². The molecule has 1 unspecified atom stereocenters. The Morgan fingerprint density at radius 1 is 1.38 bits per heavy atom. The summed E-state index contributed by atoms with van der Waals surface area (Å²) >= 11 is 0. The van der Waals surface area contributed by atoms with E-state index in [-0.39, 0.29) is 17.1 Å². The van der Waals surface area contributed by atoms with Gasteiger partial charge in [0.05, 0.1) is 0 Å². The second-order valence-electron chi connectivity index (χ2n) is 3.78. The predicted molar refractivity (Wildman–Crippen MR) is 53.1 cm³/mol. The molecule has 2 rings (SSSR count). The molecule has 1 aromatic carbocycles. The lowest BCUT2D eigenvalue weighted by atomic mass is 10.0. The molecule has 0 bridgehead atoms. The highest BCUT2D eigenvalue weighted by molar-refractivity contribution is 5.75. The Kier molecular flexibility index (Phi) is 2.25. The number of hydrogen-bond donors (Lipinski definition) is 5. The summed E-state index contributed by atoms with van der Waals surface area (Å²) in [5, 5.41) is 37.4. The van der Waals surface area contributed by atoms with Crippen LogP contribution in [-0.4, -0.2) is 32.4 Å². The molecule has 0 heterocycles. The van der Waals surface area contributed by atoms with E-state index in [0.29, 0.717) is 17.5 Å². The van der Waals surface area contributed by atoms with E-state index in [2.05, 4.69) is 0 Å². The molecule has 86 valence electrons. The van der Waals surface area contributed by atoms with E-state index in [9.17, 15) is 20.1 Å². The van der Waals surface area contributed by atoms with Crippen molar-refractivity contribution in [2.75, 3.05) is 0 Å². The average molecular weight is 225 g/mol. The number of aromatic hydroxyl groups is 2. The molecule has 0 saturated heterocycles. The van der Waals surface area contributed by atoms with Crippen LogP contribution in [0.1, 0.15) is 22.8 Å². The summed E-state index contributed by atoms with van der Waals surface area (Å²) in [7, 11) is 0. The van der Waals surface area contributed by atoms with Crippen LogP contribution in [0.15, 0.2) is 6.07 Å². The van der Waals surface area contributed by atoms with E-state index < -0.39 is 18.1 Å². The number of aliphatic hydroxyl groups excluding tert-OH is 1. The molecular formula is C10H11NO5. The second kappa shape index (κ2) is 3.36. The molecule has 1 aliphatic carbocycles. The third-order valence-electron chi connectivity index (χ3n) is 2.70. The molecule has 6 heteroatoms. The number of fused-ring (bicyclic) bond motifs is 1. The van der Waals surface area contributed by atoms with Gasteiger partial charge < -0.3 is 26.2 Å². The van der Waals surface area contributed by atoms with Crippen molar-refractivity contribution < 1.29 is 25.2 Å². The zero-order valence-electron chi connectivity index (χ0n) is 8.21. The lowest BCUT2D eigenvalue weighted by Crippen LogP contribution is -2.36. The van der Waals surface area contributed by atoms with Crippen molar-refractivity contribution in [1.82, 2.24) is 0 Å². The first-order valence-electron chi connectivity index (χ1n) is 4.66. The Hall–Kier alpha value is -1.79. The number of phenolic OH excluding ortho intramolecular Hbond substituents is 2. The Morgan fingerprint density at radius 3 is 2.56 bits per heavy atom. The van der Waals surface area contributed by atoms with Gasteiger partial charge in [0.25, 0.3) is 0 Å². The van der Waals surface area contributed by atoms with Crippen molar-refractivity contribution in [3.8, 4) is 11.5 Å². The number of rotatable bonds is 3. The highest BCUT2D eigenvalue weighted by Gasteiger charge is 2.33. The summed E-state index contributed by atoms with van der Waals surface area (Å²) in [5.41, 5.74) is 6.34. The predicted octanol–water partition coefficient (Wildman–Crippen LogP) is -0.553. The maximum atomic E-state index is 10.6. The standard InChI is InChI=1S/C10H11NO5/c11-7(10(15)16)9(14)5-2-6(12)3-1-4(3)8(5)13/h2,7,9,12-14H,1,11H2,(H,15,16)/t7-,9?/m0/s1. The van der Waals surface area contributed by atoms with Gasteiger partial charge in [-0.3, -0.25) is 4.79 Å². The molecule has 1 aromatic rings.